The van der Waals surface area contributed by atoms with Gasteiger partial charge in [0.05, 0.1) is 0 Å². The molecule has 0 rings (SSSR count). The van der Waals surface area contributed by atoms with Crippen LogP contribution in [0.5, 0.6) is 0 Å². The highest BCUT2D eigenvalue weighted by atomic mass is 16.6. The Labute approximate surface area is 453 Å². The lowest BCUT2D eigenvalue weighted by Crippen LogP contribution is -2.30. The van der Waals surface area contributed by atoms with Crippen molar-refractivity contribution in [2.45, 2.75) is 335 Å². The number of rotatable bonds is 58. The van der Waals surface area contributed by atoms with Crippen molar-refractivity contribution in [1.29, 1.82) is 0 Å². The number of carbonyl (C=O) groups is 3. The highest BCUT2D eigenvalue weighted by Gasteiger charge is 2.19. The Morgan fingerprint density at radius 3 is 0.836 bits per heavy atom. The molecule has 6 nitrogen and oxygen atoms in total. The topological polar surface area (TPSA) is 78.9 Å². The first-order chi connectivity index (χ1) is 36.0. The van der Waals surface area contributed by atoms with Gasteiger partial charge < -0.3 is 14.2 Å². The normalized spacial score (nSPS) is 12.4. The van der Waals surface area contributed by atoms with Crippen molar-refractivity contribution in [2.24, 2.45) is 0 Å². The van der Waals surface area contributed by atoms with E-state index < -0.39 is 6.10 Å². The molecule has 6 heteroatoms. The summed E-state index contributed by atoms with van der Waals surface area (Å²) in [5.41, 5.74) is 0. The van der Waals surface area contributed by atoms with E-state index in [4.69, 9.17) is 14.2 Å². The van der Waals surface area contributed by atoms with Gasteiger partial charge in [0.15, 0.2) is 6.10 Å². The van der Waals surface area contributed by atoms with E-state index in [2.05, 4.69) is 81.5 Å². The van der Waals surface area contributed by atoms with Crippen LogP contribution in [0.3, 0.4) is 0 Å². The first-order valence-corrected chi connectivity index (χ1v) is 31.8. The molecule has 0 heterocycles. The van der Waals surface area contributed by atoms with Crippen LogP contribution in [0, 0.1) is 0 Å². The Balaban J connectivity index is 4.30. The third-order valence-electron chi connectivity index (χ3n) is 14.0. The van der Waals surface area contributed by atoms with Crippen LogP contribution in [0.1, 0.15) is 329 Å². The lowest BCUT2D eigenvalue weighted by Gasteiger charge is -2.18. The second-order valence-electron chi connectivity index (χ2n) is 21.3. The largest absolute Gasteiger partial charge is 0.462 e. The highest BCUT2D eigenvalue weighted by Crippen LogP contribution is 2.17. The molecule has 0 aliphatic rings. The number of hydrogen-bond donors (Lipinski definition) is 0. The van der Waals surface area contributed by atoms with Crippen molar-refractivity contribution in [3.8, 4) is 0 Å². The summed E-state index contributed by atoms with van der Waals surface area (Å²) in [6.45, 7) is 6.57. The first-order valence-electron chi connectivity index (χ1n) is 31.8. The smallest absolute Gasteiger partial charge is 0.306 e. The van der Waals surface area contributed by atoms with Crippen LogP contribution in [-0.2, 0) is 28.6 Å². The van der Waals surface area contributed by atoms with E-state index in [0.29, 0.717) is 19.3 Å². The van der Waals surface area contributed by atoms with Gasteiger partial charge in [-0.25, -0.2) is 0 Å². The van der Waals surface area contributed by atoms with E-state index in [0.717, 1.165) is 96.3 Å². The van der Waals surface area contributed by atoms with Gasteiger partial charge in [0.25, 0.3) is 0 Å². The molecular formula is C67H120O6. The van der Waals surface area contributed by atoms with Gasteiger partial charge in [-0.1, -0.05) is 306 Å². The van der Waals surface area contributed by atoms with E-state index in [1.165, 1.54) is 193 Å². The molecule has 0 aliphatic carbocycles. The van der Waals surface area contributed by atoms with Crippen LogP contribution in [0.4, 0.5) is 0 Å². The summed E-state index contributed by atoms with van der Waals surface area (Å²) in [5, 5.41) is 0. The van der Waals surface area contributed by atoms with Crippen LogP contribution >= 0.6 is 0 Å². The molecule has 0 fully saturated rings. The van der Waals surface area contributed by atoms with Gasteiger partial charge in [-0.3, -0.25) is 14.4 Å². The fourth-order valence-electron chi connectivity index (χ4n) is 9.30. The van der Waals surface area contributed by atoms with Crippen molar-refractivity contribution in [1.82, 2.24) is 0 Å². The molecule has 0 saturated heterocycles. The van der Waals surface area contributed by atoms with Gasteiger partial charge in [0.1, 0.15) is 13.2 Å². The van der Waals surface area contributed by atoms with Gasteiger partial charge in [0.2, 0.25) is 0 Å². The van der Waals surface area contributed by atoms with Crippen molar-refractivity contribution < 1.29 is 28.6 Å². The predicted octanol–water partition coefficient (Wildman–Crippen LogP) is 21.6. The molecule has 0 aliphatic heterocycles. The number of ether oxygens (including phenoxy) is 3. The standard InChI is InChI=1S/C67H120O6/c1-4-7-10-13-16-19-22-25-28-29-30-31-32-33-34-35-36-37-40-42-45-48-51-54-57-60-66(69)72-63-64(73-67(70)61-58-55-52-49-46-43-39-27-24-21-18-15-12-9-6-3)62-71-65(68)59-56-53-50-47-44-41-38-26-23-20-17-14-11-8-5-2/h7,10,16,19,25,28,30-31,33-34,64H,4-6,8-9,11-15,17-18,20-24,26-27,29,32,35-63H2,1-3H3/b10-7-,19-16-,28-25-,31-30-,34-33-. The lowest BCUT2D eigenvalue weighted by atomic mass is 10.0. The molecule has 0 bridgehead atoms. The van der Waals surface area contributed by atoms with E-state index in [-0.39, 0.29) is 31.1 Å². The summed E-state index contributed by atoms with van der Waals surface area (Å²) in [7, 11) is 0. The zero-order valence-electron chi connectivity index (χ0n) is 48.7. The SMILES string of the molecule is CC/C=C\C/C=C\C/C=C\C/C=C\C/C=C\CCCCCCCCCCCC(=O)OCC(COC(=O)CCCCCCCCCCCCCCCCC)OC(=O)CCCCCCCCCCCCCCCCC. The molecular weight excluding hydrogens is 901 g/mol. The average Bonchev–Trinajstić information content (AvgIpc) is 3.39. The third-order valence-corrected chi connectivity index (χ3v) is 14.0. The fraction of sp³-hybridized carbons (Fsp3) is 0.806. The van der Waals surface area contributed by atoms with Gasteiger partial charge in [-0.15, -0.1) is 0 Å². The Morgan fingerprint density at radius 1 is 0.288 bits per heavy atom. The van der Waals surface area contributed by atoms with Crippen molar-refractivity contribution >= 4 is 17.9 Å². The molecule has 73 heavy (non-hydrogen) atoms. The molecule has 0 aromatic rings. The number of allylic oxidation sites excluding steroid dienone is 10. The maximum atomic E-state index is 12.9. The minimum atomic E-state index is -0.773. The summed E-state index contributed by atoms with van der Waals surface area (Å²) < 4.78 is 16.9. The molecule has 0 aromatic heterocycles. The molecule has 1 unspecified atom stereocenters. The zero-order valence-corrected chi connectivity index (χ0v) is 48.7. The minimum absolute atomic E-state index is 0.0706. The summed E-state index contributed by atoms with van der Waals surface area (Å²) in [4.78, 5) is 38.3. The fourth-order valence-corrected chi connectivity index (χ4v) is 9.30. The quantitative estimate of drug-likeness (QED) is 0.0261. The van der Waals surface area contributed by atoms with Crippen LogP contribution in [-0.4, -0.2) is 37.2 Å². The van der Waals surface area contributed by atoms with Crippen LogP contribution < -0.4 is 0 Å². The lowest BCUT2D eigenvalue weighted by molar-refractivity contribution is -0.167. The molecule has 1 atom stereocenters. The Morgan fingerprint density at radius 2 is 0.534 bits per heavy atom. The monoisotopic (exact) mass is 1020 g/mol. The molecule has 0 radical (unpaired) electrons. The maximum Gasteiger partial charge on any atom is 0.306 e. The summed E-state index contributed by atoms with van der Waals surface area (Å²) >= 11 is 0. The van der Waals surface area contributed by atoms with E-state index in [1.54, 1.807) is 0 Å². The average molecular weight is 1020 g/mol. The predicted molar refractivity (Wildman–Crippen MR) is 316 cm³/mol. The highest BCUT2D eigenvalue weighted by molar-refractivity contribution is 5.71. The Hall–Kier alpha value is -2.89. The van der Waals surface area contributed by atoms with Gasteiger partial charge in [-0.05, 0) is 64.2 Å². The van der Waals surface area contributed by atoms with Crippen LogP contribution in [0.15, 0.2) is 60.8 Å². The van der Waals surface area contributed by atoms with E-state index in [9.17, 15) is 14.4 Å². The van der Waals surface area contributed by atoms with Crippen molar-refractivity contribution in [2.75, 3.05) is 13.2 Å². The molecule has 424 valence electrons. The van der Waals surface area contributed by atoms with Crippen molar-refractivity contribution in [3.63, 3.8) is 0 Å². The van der Waals surface area contributed by atoms with Gasteiger partial charge in [0, 0.05) is 19.3 Å². The van der Waals surface area contributed by atoms with Crippen molar-refractivity contribution in [3.05, 3.63) is 60.8 Å². The van der Waals surface area contributed by atoms with Gasteiger partial charge in [-0.2, -0.15) is 0 Å². The number of esters is 3. The number of unbranched alkanes of at least 4 members (excludes halogenated alkanes) is 37. The summed E-state index contributed by atoms with van der Waals surface area (Å²) in [5.74, 6) is -0.856. The third kappa shape index (κ3) is 59.9. The number of hydrogen-bond acceptors (Lipinski definition) is 6. The first kappa shape index (κ1) is 70.1. The molecule has 0 spiro atoms. The minimum Gasteiger partial charge on any atom is -0.462 e. The van der Waals surface area contributed by atoms with Gasteiger partial charge >= 0.3 is 17.9 Å². The van der Waals surface area contributed by atoms with E-state index in [1.807, 2.05) is 0 Å². The number of carbonyl (C=O) groups excluding carboxylic acids is 3. The zero-order chi connectivity index (χ0) is 52.9. The second kappa shape index (κ2) is 61.7. The molecule has 0 saturated carbocycles. The second-order valence-corrected chi connectivity index (χ2v) is 21.3. The Bertz CT molecular complexity index is 1310. The maximum absolute atomic E-state index is 12.9. The molecule has 0 amide bonds. The van der Waals surface area contributed by atoms with E-state index >= 15 is 0 Å². The van der Waals surface area contributed by atoms with Crippen LogP contribution in [0.2, 0.25) is 0 Å². The molecule has 0 N–H and O–H groups in total. The van der Waals surface area contributed by atoms with Crippen LogP contribution in [0.25, 0.3) is 0 Å². The summed E-state index contributed by atoms with van der Waals surface area (Å²) in [6.07, 6.45) is 77.9. The Kier molecular flexibility index (Phi) is 59.2. The summed E-state index contributed by atoms with van der Waals surface area (Å²) in [6, 6.07) is 0. The molecule has 0 aromatic carbocycles.